The summed E-state index contributed by atoms with van der Waals surface area (Å²) in [4.78, 5) is 1.34. The van der Waals surface area contributed by atoms with Gasteiger partial charge in [0.15, 0.2) is 12.1 Å². The molecule has 0 unspecified atom stereocenters. The average Bonchev–Trinajstić information content (AvgIpc) is 2.95. The molecular weight excluding hydrogens is 442 g/mol. The van der Waals surface area contributed by atoms with E-state index >= 15 is 0 Å². The van der Waals surface area contributed by atoms with Crippen LogP contribution in [-0.4, -0.2) is 16.7 Å². The van der Waals surface area contributed by atoms with E-state index in [1.807, 2.05) is 11.8 Å². The Kier molecular flexibility index (Phi) is 5.81. The summed E-state index contributed by atoms with van der Waals surface area (Å²) in [7, 11) is 0. The van der Waals surface area contributed by atoms with E-state index in [0.29, 0.717) is 0 Å². The summed E-state index contributed by atoms with van der Waals surface area (Å²) in [6.07, 6.45) is 2.30. The molecule has 0 aliphatic carbocycles. The Hall–Kier alpha value is -3.88. The molecule has 6 rings (SSSR count). The van der Waals surface area contributed by atoms with E-state index in [0.717, 1.165) is 5.88 Å². The highest BCUT2D eigenvalue weighted by atomic mass is 32.2. The lowest BCUT2D eigenvalue weighted by molar-refractivity contribution is -0.411. The zero-order valence-electron chi connectivity index (χ0n) is 19.4. The molecular formula is C33H26NS+. The van der Waals surface area contributed by atoms with Crippen molar-refractivity contribution in [2.24, 2.45) is 0 Å². The highest BCUT2D eigenvalue weighted by Gasteiger charge is 2.41. The number of fused-ring (bicyclic) bond motifs is 1. The van der Waals surface area contributed by atoms with E-state index in [-0.39, 0.29) is 0 Å². The lowest BCUT2D eigenvalue weighted by Crippen LogP contribution is -2.32. The number of para-hydroxylation sites is 1. The van der Waals surface area contributed by atoms with Gasteiger partial charge in [-0.2, -0.15) is 4.58 Å². The van der Waals surface area contributed by atoms with Crippen LogP contribution < -0.4 is 0 Å². The van der Waals surface area contributed by atoms with Crippen molar-refractivity contribution in [3.05, 3.63) is 167 Å². The van der Waals surface area contributed by atoms with Gasteiger partial charge in [-0.15, -0.1) is 0 Å². The van der Waals surface area contributed by atoms with Crippen LogP contribution in [0.15, 0.2) is 144 Å². The molecule has 35 heavy (non-hydrogen) atoms. The maximum absolute atomic E-state index is 2.34. The van der Waals surface area contributed by atoms with Crippen molar-refractivity contribution in [3.8, 4) is 0 Å². The maximum atomic E-state index is 2.34. The second-order valence-electron chi connectivity index (χ2n) is 8.78. The summed E-state index contributed by atoms with van der Waals surface area (Å²) in [6.45, 7) is 0. The Bertz CT molecular complexity index is 1360. The SMILES string of the molecule is C1=[N+](c2ccccc2)CSc2c1cccc2C(c1ccccc1)(c1ccccc1)c1ccccc1. The van der Waals surface area contributed by atoms with Crippen LogP contribution in [0.1, 0.15) is 27.8 Å². The van der Waals surface area contributed by atoms with Gasteiger partial charge in [-0.25, -0.2) is 0 Å². The van der Waals surface area contributed by atoms with Crippen LogP contribution in [0.5, 0.6) is 0 Å². The third kappa shape index (κ3) is 3.80. The molecule has 1 heterocycles. The zero-order chi connectivity index (χ0) is 23.5. The first-order valence-corrected chi connectivity index (χ1v) is 13.0. The molecule has 0 bridgehead atoms. The number of hydrogen-bond donors (Lipinski definition) is 0. The number of nitrogens with zero attached hydrogens (tertiary/aromatic N) is 1. The zero-order valence-corrected chi connectivity index (χ0v) is 20.2. The van der Waals surface area contributed by atoms with E-state index in [4.69, 9.17) is 0 Å². The van der Waals surface area contributed by atoms with Gasteiger partial charge < -0.3 is 0 Å². The minimum atomic E-state index is -0.426. The van der Waals surface area contributed by atoms with Crippen molar-refractivity contribution in [2.45, 2.75) is 10.3 Å². The topological polar surface area (TPSA) is 3.01 Å². The summed E-state index contributed by atoms with van der Waals surface area (Å²) in [5, 5.41) is 0. The van der Waals surface area contributed by atoms with Gasteiger partial charge in [-0.1, -0.05) is 133 Å². The average molecular weight is 469 g/mol. The number of hydrogen-bond acceptors (Lipinski definition) is 1. The predicted molar refractivity (Wildman–Crippen MR) is 147 cm³/mol. The summed E-state index contributed by atoms with van der Waals surface area (Å²) in [5.41, 5.74) is 7.20. The first kappa shape index (κ1) is 21.6. The molecule has 5 aromatic carbocycles. The fourth-order valence-electron chi connectivity index (χ4n) is 5.25. The van der Waals surface area contributed by atoms with Crippen LogP contribution in [0.4, 0.5) is 5.69 Å². The Morgan fingerprint density at radius 1 is 0.514 bits per heavy atom. The van der Waals surface area contributed by atoms with Gasteiger partial charge in [0.05, 0.1) is 11.0 Å². The molecule has 0 spiro atoms. The summed E-state index contributed by atoms with van der Waals surface area (Å²) in [5.74, 6) is 0.877. The summed E-state index contributed by atoms with van der Waals surface area (Å²) in [6, 6.07) is 50.3. The second kappa shape index (κ2) is 9.40. The fourth-order valence-corrected chi connectivity index (χ4v) is 6.41. The smallest absolute Gasteiger partial charge is 0.188 e. The molecule has 5 aromatic rings. The molecule has 0 saturated heterocycles. The van der Waals surface area contributed by atoms with Crippen LogP contribution >= 0.6 is 11.8 Å². The highest BCUT2D eigenvalue weighted by Crippen LogP contribution is 2.49. The number of thioether (sulfide) groups is 1. The predicted octanol–water partition coefficient (Wildman–Crippen LogP) is 7.90. The van der Waals surface area contributed by atoms with E-state index in [9.17, 15) is 0 Å². The molecule has 0 N–H and O–H groups in total. The monoisotopic (exact) mass is 468 g/mol. The van der Waals surface area contributed by atoms with Crippen molar-refractivity contribution < 1.29 is 4.58 Å². The Morgan fingerprint density at radius 2 is 1.00 bits per heavy atom. The second-order valence-corrected chi connectivity index (χ2v) is 9.73. The van der Waals surface area contributed by atoms with E-state index in [1.54, 1.807) is 0 Å². The van der Waals surface area contributed by atoms with Gasteiger partial charge in [0.1, 0.15) is 0 Å². The molecule has 0 radical (unpaired) electrons. The summed E-state index contributed by atoms with van der Waals surface area (Å²) >= 11 is 1.92. The number of benzene rings is 5. The Balaban J connectivity index is 1.66. The third-order valence-electron chi connectivity index (χ3n) is 6.80. The standard InChI is InChI=1S/C33H26NS/c1-5-15-27(16-6-1)33(28-17-7-2-8-18-28,29-19-9-3-10-20-29)31-23-13-14-26-24-34(25-35-32(26)31)30-21-11-4-12-22-30/h1-24H,25H2/q+1. The third-order valence-corrected chi connectivity index (χ3v) is 7.95. The van der Waals surface area contributed by atoms with E-state index < -0.39 is 5.41 Å². The van der Waals surface area contributed by atoms with Crippen LogP contribution in [0.25, 0.3) is 0 Å². The summed E-state index contributed by atoms with van der Waals surface area (Å²) < 4.78 is 2.34. The van der Waals surface area contributed by atoms with Crippen molar-refractivity contribution in [3.63, 3.8) is 0 Å². The largest absolute Gasteiger partial charge is 0.205 e. The molecule has 0 atom stereocenters. The van der Waals surface area contributed by atoms with Crippen molar-refractivity contribution in [2.75, 3.05) is 5.88 Å². The molecule has 0 amide bonds. The molecule has 2 heteroatoms. The Labute approximate surface area is 211 Å². The quantitative estimate of drug-likeness (QED) is 0.187. The first-order chi connectivity index (χ1) is 17.4. The molecule has 1 nitrogen and oxygen atoms in total. The van der Waals surface area contributed by atoms with Crippen LogP contribution in [-0.2, 0) is 5.41 Å². The van der Waals surface area contributed by atoms with Crippen LogP contribution in [0.2, 0.25) is 0 Å². The van der Waals surface area contributed by atoms with E-state index in [1.165, 1.54) is 38.4 Å². The van der Waals surface area contributed by atoms with Crippen LogP contribution in [0.3, 0.4) is 0 Å². The lowest BCUT2D eigenvalue weighted by Gasteiger charge is -2.38. The molecule has 1 aliphatic rings. The minimum Gasteiger partial charge on any atom is -0.188 e. The van der Waals surface area contributed by atoms with Gasteiger partial charge in [0, 0.05) is 17.0 Å². The van der Waals surface area contributed by atoms with Crippen LogP contribution in [0, 0.1) is 0 Å². The van der Waals surface area contributed by atoms with Gasteiger partial charge in [-0.3, -0.25) is 0 Å². The van der Waals surface area contributed by atoms with Crippen molar-refractivity contribution >= 4 is 23.7 Å². The van der Waals surface area contributed by atoms with Crippen molar-refractivity contribution in [1.29, 1.82) is 0 Å². The molecule has 0 fully saturated rings. The van der Waals surface area contributed by atoms with Crippen molar-refractivity contribution in [1.82, 2.24) is 0 Å². The molecule has 0 saturated carbocycles. The van der Waals surface area contributed by atoms with Gasteiger partial charge in [0.25, 0.3) is 0 Å². The van der Waals surface area contributed by atoms with Gasteiger partial charge in [-0.05, 0) is 28.3 Å². The lowest BCUT2D eigenvalue weighted by atomic mass is 9.65. The van der Waals surface area contributed by atoms with Gasteiger partial charge in [0.2, 0.25) is 5.69 Å². The van der Waals surface area contributed by atoms with Gasteiger partial charge >= 0.3 is 0 Å². The highest BCUT2D eigenvalue weighted by molar-refractivity contribution is 7.99. The Morgan fingerprint density at radius 3 is 1.51 bits per heavy atom. The fraction of sp³-hybridized carbons (Fsp3) is 0.0606. The molecule has 1 aliphatic heterocycles. The maximum Gasteiger partial charge on any atom is 0.205 e. The molecule has 168 valence electrons. The first-order valence-electron chi connectivity index (χ1n) is 12.0. The van der Waals surface area contributed by atoms with E-state index in [2.05, 4.69) is 150 Å². The number of rotatable bonds is 5. The molecule has 0 aromatic heterocycles. The normalized spacial score (nSPS) is 13.1. The minimum absolute atomic E-state index is 0.426.